The first kappa shape index (κ1) is 9.73. The maximum Gasteiger partial charge on any atom is 0.225 e. The zero-order valence-corrected chi connectivity index (χ0v) is 7.66. The molecule has 0 fully saturated rings. The van der Waals surface area contributed by atoms with Gasteiger partial charge in [-0.25, -0.2) is 0 Å². The van der Waals surface area contributed by atoms with Crippen LogP contribution >= 0.6 is 0 Å². The molecule has 1 rings (SSSR count). The van der Waals surface area contributed by atoms with Gasteiger partial charge in [-0.3, -0.25) is 9.48 Å². The lowest BCUT2D eigenvalue weighted by atomic mass is 10.4. The number of anilines is 1. The van der Waals surface area contributed by atoms with Gasteiger partial charge in [0.25, 0.3) is 0 Å². The van der Waals surface area contributed by atoms with Crippen LogP contribution < -0.4 is 11.1 Å². The van der Waals surface area contributed by atoms with Crippen molar-refractivity contribution >= 4 is 11.6 Å². The van der Waals surface area contributed by atoms with E-state index in [2.05, 4.69) is 10.4 Å². The number of nitrogens with zero attached hydrogens (tertiary/aromatic N) is 2. The summed E-state index contributed by atoms with van der Waals surface area (Å²) in [5, 5.41) is 6.71. The lowest BCUT2D eigenvalue weighted by molar-refractivity contribution is -0.116. The number of nitrogens with two attached hydrogens (primary N) is 1. The Hall–Kier alpha value is -1.36. The average Bonchev–Trinajstić information content (AvgIpc) is 2.52. The van der Waals surface area contributed by atoms with Gasteiger partial charge < -0.3 is 11.1 Å². The van der Waals surface area contributed by atoms with E-state index in [0.717, 1.165) is 12.2 Å². The van der Waals surface area contributed by atoms with Crippen molar-refractivity contribution in [2.75, 3.05) is 11.9 Å². The number of carbonyl (C=O) groups is 1. The molecule has 0 saturated carbocycles. The minimum atomic E-state index is -0.0712. The van der Waals surface area contributed by atoms with Crippen molar-refractivity contribution in [1.82, 2.24) is 9.78 Å². The first-order chi connectivity index (χ1) is 6.26. The lowest BCUT2D eigenvalue weighted by Crippen LogP contribution is -2.15. The summed E-state index contributed by atoms with van der Waals surface area (Å²) in [5.41, 5.74) is 5.96. The monoisotopic (exact) mass is 182 g/mol. The van der Waals surface area contributed by atoms with Crippen molar-refractivity contribution in [2.45, 2.75) is 19.9 Å². The van der Waals surface area contributed by atoms with Gasteiger partial charge in [0.1, 0.15) is 0 Å². The summed E-state index contributed by atoms with van der Waals surface area (Å²) in [4.78, 5) is 11.1. The van der Waals surface area contributed by atoms with Crippen molar-refractivity contribution in [2.24, 2.45) is 5.73 Å². The van der Waals surface area contributed by atoms with Crippen LogP contribution in [0.15, 0.2) is 12.4 Å². The van der Waals surface area contributed by atoms with Crippen LogP contribution in [0.25, 0.3) is 0 Å². The van der Waals surface area contributed by atoms with Gasteiger partial charge in [-0.15, -0.1) is 0 Å². The fourth-order valence-corrected chi connectivity index (χ4v) is 0.956. The third-order valence-corrected chi connectivity index (χ3v) is 1.61. The predicted octanol–water partition coefficient (Wildman–Crippen LogP) is 0.190. The molecule has 0 aliphatic carbocycles. The molecule has 1 aromatic rings. The van der Waals surface area contributed by atoms with E-state index in [1.807, 2.05) is 6.92 Å². The lowest BCUT2D eigenvalue weighted by Gasteiger charge is -1.98. The minimum absolute atomic E-state index is 0.0712. The van der Waals surface area contributed by atoms with E-state index in [4.69, 9.17) is 5.73 Å². The van der Waals surface area contributed by atoms with Crippen molar-refractivity contribution in [1.29, 1.82) is 0 Å². The van der Waals surface area contributed by atoms with Crippen LogP contribution in [-0.2, 0) is 11.3 Å². The molecule has 0 atom stereocenters. The highest BCUT2D eigenvalue weighted by Gasteiger charge is 2.01. The molecule has 0 aromatic carbocycles. The summed E-state index contributed by atoms with van der Waals surface area (Å²) in [6, 6.07) is 0. The average molecular weight is 182 g/mol. The van der Waals surface area contributed by atoms with E-state index in [-0.39, 0.29) is 5.91 Å². The molecule has 0 spiro atoms. The molecule has 0 aliphatic heterocycles. The second kappa shape index (κ2) is 4.61. The van der Waals surface area contributed by atoms with E-state index in [0.29, 0.717) is 13.0 Å². The Balaban J connectivity index is 2.49. The van der Waals surface area contributed by atoms with E-state index in [9.17, 15) is 4.79 Å². The maximum absolute atomic E-state index is 11.1. The molecule has 13 heavy (non-hydrogen) atoms. The van der Waals surface area contributed by atoms with Crippen LogP contribution in [0.1, 0.15) is 13.3 Å². The van der Waals surface area contributed by atoms with E-state index >= 15 is 0 Å². The second-order valence-corrected chi connectivity index (χ2v) is 2.67. The third kappa shape index (κ3) is 2.87. The van der Waals surface area contributed by atoms with Crippen LogP contribution in [0.3, 0.4) is 0 Å². The van der Waals surface area contributed by atoms with Gasteiger partial charge in [0.2, 0.25) is 5.91 Å². The van der Waals surface area contributed by atoms with Gasteiger partial charge in [0.05, 0.1) is 11.9 Å². The molecular formula is C8H14N4O. The highest BCUT2D eigenvalue weighted by atomic mass is 16.1. The van der Waals surface area contributed by atoms with Crippen molar-refractivity contribution in [3.05, 3.63) is 12.4 Å². The van der Waals surface area contributed by atoms with Gasteiger partial charge in [-0.05, 0) is 6.92 Å². The highest BCUT2D eigenvalue weighted by molar-refractivity contribution is 5.90. The zero-order valence-electron chi connectivity index (χ0n) is 7.66. The van der Waals surface area contributed by atoms with E-state index in [1.165, 1.54) is 0 Å². The number of aromatic nitrogens is 2. The molecule has 0 bridgehead atoms. The standard InChI is InChI=1S/C8H14N4O/c1-2-12-6-7(5-10-12)11-8(13)3-4-9/h5-6H,2-4,9H2,1H3,(H,11,13). The fourth-order valence-electron chi connectivity index (χ4n) is 0.956. The van der Waals surface area contributed by atoms with Crippen LogP contribution in [0.5, 0.6) is 0 Å². The van der Waals surface area contributed by atoms with Crippen molar-refractivity contribution in [3.8, 4) is 0 Å². The zero-order chi connectivity index (χ0) is 9.68. The molecule has 1 heterocycles. The Morgan fingerprint density at radius 3 is 3.08 bits per heavy atom. The summed E-state index contributed by atoms with van der Waals surface area (Å²) in [6.07, 6.45) is 3.75. The van der Waals surface area contributed by atoms with Gasteiger partial charge >= 0.3 is 0 Å². The highest BCUT2D eigenvalue weighted by Crippen LogP contribution is 2.04. The summed E-state index contributed by atoms with van der Waals surface area (Å²) >= 11 is 0. The number of rotatable bonds is 4. The van der Waals surface area contributed by atoms with Crippen molar-refractivity contribution < 1.29 is 4.79 Å². The van der Waals surface area contributed by atoms with Crippen molar-refractivity contribution in [3.63, 3.8) is 0 Å². The minimum Gasteiger partial charge on any atom is -0.330 e. The summed E-state index contributed by atoms with van der Waals surface area (Å²) < 4.78 is 1.75. The molecule has 72 valence electrons. The van der Waals surface area contributed by atoms with Gasteiger partial charge in [-0.2, -0.15) is 5.10 Å². The second-order valence-electron chi connectivity index (χ2n) is 2.67. The largest absolute Gasteiger partial charge is 0.330 e. The summed E-state index contributed by atoms with van der Waals surface area (Å²) in [5.74, 6) is -0.0712. The smallest absolute Gasteiger partial charge is 0.225 e. The Bertz CT molecular complexity index is 281. The topological polar surface area (TPSA) is 72.9 Å². The summed E-state index contributed by atoms with van der Waals surface area (Å²) in [7, 11) is 0. The third-order valence-electron chi connectivity index (χ3n) is 1.61. The quantitative estimate of drug-likeness (QED) is 0.698. The first-order valence-electron chi connectivity index (χ1n) is 4.28. The van der Waals surface area contributed by atoms with E-state index in [1.54, 1.807) is 17.1 Å². The molecule has 0 unspecified atom stereocenters. The van der Waals surface area contributed by atoms with Gasteiger partial charge in [0.15, 0.2) is 0 Å². The molecule has 1 aromatic heterocycles. The van der Waals surface area contributed by atoms with Crippen LogP contribution in [-0.4, -0.2) is 22.2 Å². The fraction of sp³-hybridized carbons (Fsp3) is 0.500. The SMILES string of the molecule is CCn1cc(NC(=O)CCN)cn1. The molecular weight excluding hydrogens is 168 g/mol. The molecule has 1 amide bonds. The molecule has 0 radical (unpaired) electrons. The first-order valence-corrected chi connectivity index (χ1v) is 4.28. The number of aryl methyl sites for hydroxylation is 1. The van der Waals surface area contributed by atoms with Crippen LogP contribution in [0, 0.1) is 0 Å². The molecule has 5 heteroatoms. The summed E-state index contributed by atoms with van der Waals surface area (Å²) in [6.45, 7) is 3.15. The number of hydrogen-bond acceptors (Lipinski definition) is 3. The molecule has 5 nitrogen and oxygen atoms in total. The number of hydrogen-bond donors (Lipinski definition) is 2. The Kier molecular flexibility index (Phi) is 3.45. The Morgan fingerprint density at radius 2 is 2.54 bits per heavy atom. The van der Waals surface area contributed by atoms with Crippen LogP contribution in [0.2, 0.25) is 0 Å². The normalized spacial score (nSPS) is 10.0. The maximum atomic E-state index is 11.1. The van der Waals surface area contributed by atoms with Gasteiger partial charge in [-0.1, -0.05) is 0 Å². The van der Waals surface area contributed by atoms with E-state index < -0.39 is 0 Å². The number of carbonyl (C=O) groups excluding carboxylic acids is 1. The van der Waals surface area contributed by atoms with Crippen LogP contribution in [0.4, 0.5) is 5.69 Å². The molecule has 0 saturated heterocycles. The van der Waals surface area contributed by atoms with Gasteiger partial charge in [0, 0.05) is 25.7 Å². The molecule has 3 N–H and O–H groups in total. The Morgan fingerprint density at radius 1 is 1.77 bits per heavy atom. The Labute approximate surface area is 76.9 Å². The molecule has 0 aliphatic rings. The predicted molar refractivity (Wildman–Crippen MR) is 50.2 cm³/mol. The number of nitrogens with one attached hydrogen (secondary N) is 1. The number of amides is 1.